The van der Waals surface area contributed by atoms with Gasteiger partial charge in [-0.15, -0.1) is 0 Å². The Morgan fingerprint density at radius 3 is 2.50 bits per heavy atom. The van der Waals surface area contributed by atoms with Gasteiger partial charge in [-0.1, -0.05) is 37.8 Å². The van der Waals surface area contributed by atoms with Gasteiger partial charge in [0.25, 0.3) is 0 Å². The van der Waals surface area contributed by atoms with Crippen LogP contribution in [0, 0.1) is 0 Å². The molecule has 0 radical (unpaired) electrons. The standard InChI is InChI=1S/C16H25NO2Si/c1-16(2)13-8-6-7-9-14(13)17(15(16)18)12-19-10-11-20(3,4)5/h6-9H,10-12H2,1-5H3. The molecule has 110 valence electrons. The molecule has 0 N–H and O–H groups in total. The SMILES string of the molecule is CC1(C)C(=O)N(COCC[Si](C)(C)C)c2ccccc21. The van der Waals surface area contributed by atoms with E-state index in [0.29, 0.717) is 6.73 Å². The van der Waals surface area contributed by atoms with E-state index >= 15 is 0 Å². The van der Waals surface area contributed by atoms with Crippen LogP contribution in [0.4, 0.5) is 5.69 Å². The fourth-order valence-corrected chi connectivity index (χ4v) is 3.22. The number of benzene rings is 1. The van der Waals surface area contributed by atoms with Gasteiger partial charge in [0.15, 0.2) is 0 Å². The number of amides is 1. The van der Waals surface area contributed by atoms with Crippen molar-refractivity contribution in [3.63, 3.8) is 0 Å². The summed E-state index contributed by atoms with van der Waals surface area (Å²) in [6.07, 6.45) is 0. The van der Waals surface area contributed by atoms with Crippen molar-refractivity contribution >= 4 is 19.7 Å². The van der Waals surface area contributed by atoms with Crippen LogP contribution in [0.5, 0.6) is 0 Å². The van der Waals surface area contributed by atoms with Crippen molar-refractivity contribution in [2.24, 2.45) is 0 Å². The molecule has 1 heterocycles. The summed E-state index contributed by atoms with van der Waals surface area (Å²) in [6.45, 7) is 12.1. The highest BCUT2D eigenvalue weighted by Crippen LogP contribution is 2.41. The molecule has 1 aromatic carbocycles. The third kappa shape index (κ3) is 2.96. The zero-order valence-corrected chi connectivity index (χ0v) is 14.2. The molecular weight excluding hydrogens is 266 g/mol. The van der Waals surface area contributed by atoms with Gasteiger partial charge in [0.05, 0.1) is 11.1 Å². The van der Waals surface area contributed by atoms with Gasteiger partial charge in [-0.2, -0.15) is 0 Å². The maximum atomic E-state index is 12.5. The average Bonchev–Trinajstić information content (AvgIpc) is 2.54. The Labute approximate surface area is 122 Å². The van der Waals surface area contributed by atoms with Crippen LogP contribution in [0.15, 0.2) is 24.3 Å². The predicted octanol–water partition coefficient (Wildman–Crippen LogP) is 3.62. The van der Waals surface area contributed by atoms with E-state index in [4.69, 9.17) is 4.74 Å². The number of anilines is 1. The third-order valence-corrected chi connectivity index (χ3v) is 5.57. The molecule has 2 rings (SSSR count). The maximum Gasteiger partial charge on any atom is 0.239 e. The second-order valence-corrected chi connectivity index (χ2v) is 12.8. The van der Waals surface area contributed by atoms with Crippen LogP contribution in [0.25, 0.3) is 0 Å². The fraction of sp³-hybridized carbons (Fsp3) is 0.562. The Balaban J connectivity index is 2.04. The van der Waals surface area contributed by atoms with Crippen LogP contribution in [0.3, 0.4) is 0 Å². The van der Waals surface area contributed by atoms with Gasteiger partial charge in [-0.25, -0.2) is 0 Å². The molecule has 0 saturated carbocycles. The lowest BCUT2D eigenvalue weighted by Crippen LogP contribution is -2.38. The van der Waals surface area contributed by atoms with E-state index in [0.717, 1.165) is 23.9 Å². The molecule has 0 saturated heterocycles. The van der Waals surface area contributed by atoms with E-state index in [1.165, 1.54) is 0 Å². The lowest BCUT2D eigenvalue weighted by atomic mass is 9.86. The molecule has 3 nitrogen and oxygen atoms in total. The number of hydrogen-bond donors (Lipinski definition) is 0. The van der Waals surface area contributed by atoms with E-state index in [1.54, 1.807) is 4.90 Å². The Morgan fingerprint density at radius 2 is 1.85 bits per heavy atom. The topological polar surface area (TPSA) is 29.5 Å². The van der Waals surface area contributed by atoms with Crippen molar-refractivity contribution in [1.82, 2.24) is 0 Å². The van der Waals surface area contributed by atoms with Crippen molar-refractivity contribution in [1.29, 1.82) is 0 Å². The second-order valence-electron chi connectivity index (χ2n) is 7.22. The summed E-state index contributed by atoms with van der Waals surface area (Å²) in [4.78, 5) is 14.3. The van der Waals surface area contributed by atoms with Crippen LogP contribution in [0.2, 0.25) is 25.7 Å². The number of carbonyl (C=O) groups excluding carboxylic acids is 1. The number of para-hydroxylation sites is 1. The van der Waals surface area contributed by atoms with Crippen molar-refractivity contribution in [2.45, 2.75) is 44.9 Å². The number of rotatable bonds is 5. The lowest BCUT2D eigenvalue weighted by Gasteiger charge is -2.21. The minimum Gasteiger partial charge on any atom is -0.361 e. The Hall–Kier alpha value is -1.13. The number of fused-ring (bicyclic) bond motifs is 1. The van der Waals surface area contributed by atoms with Gasteiger partial charge in [-0.3, -0.25) is 9.69 Å². The van der Waals surface area contributed by atoms with Crippen molar-refractivity contribution < 1.29 is 9.53 Å². The van der Waals surface area contributed by atoms with Crippen LogP contribution in [-0.2, 0) is 14.9 Å². The van der Waals surface area contributed by atoms with Crippen LogP contribution in [-0.4, -0.2) is 27.3 Å². The Kier molecular flexibility index (Phi) is 4.07. The summed E-state index contributed by atoms with van der Waals surface area (Å²) in [7, 11) is -1.08. The van der Waals surface area contributed by atoms with E-state index in [9.17, 15) is 4.79 Å². The molecule has 4 heteroatoms. The third-order valence-electron chi connectivity index (χ3n) is 3.86. The first-order valence-corrected chi connectivity index (χ1v) is 10.9. The molecule has 0 aromatic heterocycles. The summed E-state index contributed by atoms with van der Waals surface area (Å²) in [5, 5.41) is 0. The highest BCUT2D eigenvalue weighted by atomic mass is 28.3. The second kappa shape index (κ2) is 5.33. The minimum absolute atomic E-state index is 0.131. The fourth-order valence-electron chi connectivity index (χ4n) is 2.46. The molecule has 20 heavy (non-hydrogen) atoms. The van der Waals surface area contributed by atoms with E-state index in [-0.39, 0.29) is 5.91 Å². The number of hydrogen-bond acceptors (Lipinski definition) is 2. The summed E-state index contributed by atoms with van der Waals surface area (Å²) >= 11 is 0. The average molecular weight is 291 g/mol. The minimum atomic E-state index is -1.08. The van der Waals surface area contributed by atoms with E-state index < -0.39 is 13.5 Å². The molecule has 0 atom stereocenters. The Bertz CT molecular complexity index is 505. The van der Waals surface area contributed by atoms with Crippen molar-refractivity contribution in [3.05, 3.63) is 29.8 Å². The highest BCUT2D eigenvalue weighted by molar-refractivity contribution is 6.76. The van der Waals surface area contributed by atoms with Crippen molar-refractivity contribution in [2.75, 3.05) is 18.2 Å². The van der Waals surface area contributed by atoms with Crippen LogP contribution < -0.4 is 4.90 Å². The Morgan fingerprint density at radius 1 is 1.20 bits per heavy atom. The van der Waals surface area contributed by atoms with Gasteiger partial charge in [0, 0.05) is 14.7 Å². The number of nitrogens with zero attached hydrogens (tertiary/aromatic N) is 1. The molecule has 1 amide bonds. The summed E-state index contributed by atoms with van der Waals surface area (Å²) in [5.41, 5.74) is 1.65. The molecule has 1 aliphatic heterocycles. The number of ether oxygens (including phenoxy) is 1. The zero-order valence-electron chi connectivity index (χ0n) is 13.2. The van der Waals surface area contributed by atoms with Crippen LogP contribution in [0.1, 0.15) is 19.4 Å². The largest absolute Gasteiger partial charge is 0.361 e. The van der Waals surface area contributed by atoms with Gasteiger partial charge >= 0.3 is 0 Å². The first-order chi connectivity index (χ1) is 9.23. The van der Waals surface area contributed by atoms with Gasteiger partial charge in [0.2, 0.25) is 5.91 Å². The summed E-state index contributed by atoms with van der Waals surface area (Å²) in [5.74, 6) is 0.131. The van der Waals surface area contributed by atoms with E-state index in [1.807, 2.05) is 38.1 Å². The molecule has 0 spiro atoms. The zero-order chi connectivity index (χ0) is 15.0. The van der Waals surface area contributed by atoms with Gasteiger partial charge < -0.3 is 4.74 Å². The normalized spacial score (nSPS) is 17.4. The smallest absolute Gasteiger partial charge is 0.239 e. The molecule has 0 fully saturated rings. The van der Waals surface area contributed by atoms with Gasteiger partial charge in [0.1, 0.15) is 6.73 Å². The molecular formula is C16H25NO2Si. The quantitative estimate of drug-likeness (QED) is 0.612. The molecule has 0 bridgehead atoms. The maximum absolute atomic E-state index is 12.5. The van der Waals surface area contributed by atoms with Gasteiger partial charge in [-0.05, 0) is 31.5 Å². The summed E-state index contributed by atoms with van der Waals surface area (Å²) in [6, 6.07) is 9.13. The number of carbonyl (C=O) groups is 1. The van der Waals surface area contributed by atoms with E-state index in [2.05, 4.69) is 19.6 Å². The predicted molar refractivity (Wildman–Crippen MR) is 85.9 cm³/mol. The lowest BCUT2D eigenvalue weighted by molar-refractivity contribution is -0.123. The first kappa shape index (κ1) is 15.3. The van der Waals surface area contributed by atoms with Crippen LogP contribution >= 0.6 is 0 Å². The summed E-state index contributed by atoms with van der Waals surface area (Å²) < 4.78 is 5.75. The molecule has 1 aliphatic rings. The molecule has 0 aliphatic carbocycles. The van der Waals surface area contributed by atoms with Crippen molar-refractivity contribution in [3.8, 4) is 0 Å². The highest BCUT2D eigenvalue weighted by Gasteiger charge is 2.43. The molecule has 1 aromatic rings. The first-order valence-electron chi connectivity index (χ1n) is 7.23. The monoisotopic (exact) mass is 291 g/mol. The molecule has 0 unspecified atom stereocenters.